The van der Waals surface area contributed by atoms with Crippen LogP contribution < -0.4 is 0 Å². The maximum absolute atomic E-state index is 5.61. The molecule has 0 amide bonds. The molecule has 0 saturated carbocycles. The Kier molecular flexibility index (Phi) is 8.04. The van der Waals surface area contributed by atoms with E-state index in [0.29, 0.717) is 12.0 Å². The van der Waals surface area contributed by atoms with Crippen molar-refractivity contribution in [1.82, 2.24) is 0 Å². The molecular formula is C10H21ClO. The highest BCUT2D eigenvalue weighted by Gasteiger charge is 2.05. The zero-order valence-corrected chi connectivity index (χ0v) is 9.23. The molecule has 1 nitrogen and oxygen atoms in total. The highest BCUT2D eigenvalue weighted by molar-refractivity contribution is 6.17. The summed E-state index contributed by atoms with van der Waals surface area (Å²) in [6.45, 7) is 7.38. The second-order valence-electron chi connectivity index (χ2n) is 3.57. The van der Waals surface area contributed by atoms with Crippen LogP contribution in [0.15, 0.2) is 0 Å². The van der Waals surface area contributed by atoms with Gasteiger partial charge in [-0.25, -0.2) is 0 Å². The van der Waals surface area contributed by atoms with E-state index in [-0.39, 0.29) is 0 Å². The molecule has 0 rings (SSSR count). The molecule has 0 spiro atoms. The van der Waals surface area contributed by atoms with Crippen LogP contribution >= 0.6 is 11.6 Å². The Morgan fingerprint density at radius 3 is 2.25 bits per heavy atom. The van der Waals surface area contributed by atoms with Gasteiger partial charge >= 0.3 is 0 Å². The van der Waals surface area contributed by atoms with Gasteiger partial charge in [-0.05, 0) is 32.1 Å². The van der Waals surface area contributed by atoms with E-state index in [0.717, 1.165) is 25.3 Å². The Bertz CT molecular complexity index is 93.8. The summed E-state index contributed by atoms with van der Waals surface area (Å²) < 4.78 is 5.61. The van der Waals surface area contributed by atoms with Crippen LogP contribution in [0.2, 0.25) is 0 Å². The molecule has 74 valence electrons. The summed E-state index contributed by atoms with van der Waals surface area (Å²) in [5.74, 6) is 1.40. The first-order chi connectivity index (χ1) is 5.68. The minimum Gasteiger partial charge on any atom is -0.378 e. The van der Waals surface area contributed by atoms with Crippen molar-refractivity contribution in [2.24, 2.45) is 5.92 Å². The number of hydrogen-bond acceptors (Lipinski definition) is 1. The Morgan fingerprint density at radius 1 is 1.08 bits per heavy atom. The van der Waals surface area contributed by atoms with Gasteiger partial charge in [0.2, 0.25) is 0 Å². The van der Waals surface area contributed by atoms with Crippen molar-refractivity contribution in [1.29, 1.82) is 0 Å². The molecule has 1 unspecified atom stereocenters. The fraction of sp³-hybridized carbons (Fsp3) is 1.00. The van der Waals surface area contributed by atoms with Crippen molar-refractivity contribution in [3.8, 4) is 0 Å². The first kappa shape index (κ1) is 12.2. The van der Waals surface area contributed by atoms with Gasteiger partial charge in [-0.1, -0.05) is 13.8 Å². The zero-order chi connectivity index (χ0) is 9.40. The molecule has 0 aliphatic carbocycles. The van der Waals surface area contributed by atoms with E-state index in [2.05, 4.69) is 20.8 Å². The van der Waals surface area contributed by atoms with Crippen molar-refractivity contribution in [3.63, 3.8) is 0 Å². The van der Waals surface area contributed by atoms with Crippen molar-refractivity contribution in [3.05, 3.63) is 0 Å². The lowest BCUT2D eigenvalue weighted by molar-refractivity contribution is 0.0333. The fourth-order valence-electron chi connectivity index (χ4n) is 0.835. The minimum absolute atomic E-state index is 0.390. The second kappa shape index (κ2) is 7.88. The molecule has 12 heavy (non-hydrogen) atoms. The number of hydrogen-bond donors (Lipinski definition) is 0. The Morgan fingerprint density at radius 2 is 1.75 bits per heavy atom. The molecule has 0 heterocycles. The average molecular weight is 193 g/mol. The lowest BCUT2D eigenvalue weighted by atomic mass is 10.1. The van der Waals surface area contributed by atoms with E-state index in [1.54, 1.807) is 0 Å². The minimum atomic E-state index is 0.390. The van der Waals surface area contributed by atoms with Gasteiger partial charge in [-0.15, -0.1) is 11.6 Å². The van der Waals surface area contributed by atoms with Gasteiger partial charge in [0.1, 0.15) is 0 Å². The van der Waals surface area contributed by atoms with Crippen molar-refractivity contribution < 1.29 is 4.74 Å². The molecule has 1 atom stereocenters. The maximum Gasteiger partial charge on any atom is 0.0569 e. The SMILES string of the molecule is CC(C)C(C)OCCCCCCl. The summed E-state index contributed by atoms with van der Waals surface area (Å²) in [5.41, 5.74) is 0. The van der Waals surface area contributed by atoms with Crippen LogP contribution in [0.5, 0.6) is 0 Å². The highest BCUT2D eigenvalue weighted by atomic mass is 35.5. The van der Waals surface area contributed by atoms with Crippen LogP contribution in [0.3, 0.4) is 0 Å². The van der Waals surface area contributed by atoms with Crippen LogP contribution in [0.1, 0.15) is 40.0 Å². The number of alkyl halides is 1. The molecule has 0 aromatic heterocycles. The highest BCUT2D eigenvalue weighted by Crippen LogP contribution is 2.06. The molecule has 2 heteroatoms. The molecule has 0 fully saturated rings. The van der Waals surface area contributed by atoms with Crippen LogP contribution in [-0.4, -0.2) is 18.6 Å². The van der Waals surface area contributed by atoms with Crippen LogP contribution in [0, 0.1) is 5.92 Å². The number of ether oxygens (including phenoxy) is 1. The Balaban J connectivity index is 3.08. The molecule has 0 N–H and O–H groups in total. The molecule has 0 bridgehead atoms. The summed E-state index contributed by atoms with van der Waals surface area (Å²) in [6.07, 6.45) is 3.83. The summed E-state index contributed by atoms with van der Waals surface area (Å²) in [7, 11) is 0. The van der Waals surface area contributed by atoms with Crippen molar-refractivity contribution in [2.45, 2.75) is 46.1 Å². The molecular weight excluding hydrogens is 172 g/mol. The Hall–Kier alpha value is 0.250. The largest absolute Gasteiger partial charge is 0.378 e. The van der Waals surface area contributed by atoms with Crippen LogP contribution in [-0.2, 0) is 4.74 Å². The number of rotatable bonds is 7. The van der Waals surface area contributed by atoms with Gasteiger partial charge in [0, 0.05) is 12.5 Å². The van der Waals surface area contributed by atoms with E-state index in [1.165, 1.54) is 6.42 Å². The number of halogens is 1. The zero-order valence-electron chi connectivity index (χ0n) is 8.48. The standard InChI is InChI=1S/C10H21ClO/c1-9(2)10(3)12-8-6-4-5-7-11/h9-10H,4-8H2,1-3H3. The monoisotopic (exact) mass is 192 g/mol. The smallest absolute Gasteiger partial charge is 0.0569 e. The van der Waals surface area contributed by atoms with Gasteiger partial charge < -0.3 is 4.74 Å². The predicted octanol–water partition coefficient (Wildman–Crippen LogP) is 3.46. The van der Waals surface area contributed by atoms with E-state index in [1.807, 2.05) is 0 Å². The maximum atomic E-state index is 5.61. The lowest BCUT2D eigenvalue weighted by Crippen LogP contribution is -2.15. The predicted molar refractivity (Wildman–Crippen MR) is 54.8 cm³/mol. The fourth-order valence-corrected chi connectivity index (χ4v) is 1.02. The van der Waals surface area contributed by atoms with Gasteiger partial charge in [0.15, 0.2) is 0 Å². The normalized spacial score (nSPS) is 13.8. The topological polar surface area (TPSA) is 9.23 Å². The van der Waals surface area contributed by atoms with E-state index in [4.69, 9.17) is 16.3 Å². The average Bonchev–Trinajstić information content (AvgIpc) is 2.03. The molecule has 0 aromatic rings. The summed E-state index contributed by atoms with van der Waals surface area (Å²) in [4.78, 5) is 0. The van der Waals surface area contributed by atoms with E-state index in [9.17, 15) is 0 Å². The van der Waals surface area contributed by atoms with Gasteiger partial charge in [-0.2, -0.15) is 0 Å². The first-order valence-corrected chi connectivity index (χ1v) is 5.39. The third-order valence-electron chi connectivity index (χ3n) is 2.10. The molecule has 0 aromatic carbocycles. The van der Waals surface area contributed by atoms with Crippen LogP contribution in [0.25, 0.3) is 0 Å². The van der Waals surface area contributed by atoms with Crippen LogP contribution in [0.4, 0.5) is 0 Å². The van der Waals surface area contributed by atoms with Crippen molar-refractivity contribution in [2.75, 3.05) is 12.5 Å². The van der Waals surface area contributed by atoms with E-state index >= 15 is 0 Å². The third kappa shape index (κ3) is 6.93. The molecule has 0 aliphatic rings. The third-order valence-corrected chi connectivity index (χ3v) is 2.36. The quantitative estimate of drug-likeness (QED) is 0.444. The summed E-state index contributed by atoms with van der Waals surface area (Å²) in [6, 6.07) is 0. The molecule has 0 radical (unpaired) electrons. The first-order valence-electron chi connectivity index (χ1n) is 4.86. The van der Waals surface area contributed by atoms with Crippen molar-refractivity contribution >= 4 is 11.6 Å². The second-order valence-corrected chi connectivity index (χ2v) is 3.95. The van der Waals surface area contributed by atoms with Gasteiger partial charge in [0.25, 0.3) is 0 Å². The lowest BCUT2D eigenvalue weighted by Gasteiger charge is -2.16. The molecule has 0 saturated heterocycles. The summed E-state index contributed by atoms with van der Waals surface area (Å²) in [5, 5.41) is 0. The number of unbranched alkanes of at least 4 members (excludes halogenated alkanes) is 2. The van der Waals surface area contributed by atoms with E-state index < -0.39 is 0 Å². The van der Waals surface area contributed by atoms with Gasteiger partial charge in [0.05, 0.1) is 6.10 Å². The van der Waals surface area contributed by atoms with Gasteiger partial charge in [-0.3, -0.25) is 0 Å². The Labute approximate surface area is 81.4 Å². The summed E-state index contributed by atoms with van der Waals surface area (Å²) >= 11 is 5.55. The molecule has 0 aliphatic heterocycles.